The van der Waals surface area contributed by atoms with Crippen LogP contribution in [0, 0.1) is 0 Å². The molecule has 0 aromatic heterocycles. The molecule has 1 aliphatic heterocycles. The van der Waals surface area contributed by atoms with Gasteiger partial charge in [0, 0.05) is 6.04 Å². The van der Waals surface area contributed by atoms with Crippen LogP contribution in [0.5, 0.6) is 0 Å². The molecule has 1 heterocycles. The van der Waals surface area contributed by atoms with Crippen LogP contribution in [-0.4, -0.2) is 29.9 Å². The number of nitrogens with one attached hydrogen (secondary N) is 3. The summed E-state index contributed by atoms with van der Waals surface area (Å²) in [6.07, 6.45) is 4.00. The van der Waals surface area contributed by atoms with Crippen LogP contribution < -0.4 is 16.0 Å². The number of amides is 4. The highest BCUT2D eigenvalue weighted by atomic mass is 16.2. The van der Waals surface area contributed by atoms with Crippen LogP contribution in [-0.2, 0) is 9.59 Å². The van der Waals surface area contributed by atoms with Gasteiger partial charge in [0.1, 0.15) is 6.04 Å². The molecular formula is C17H21N3O3. The zero-order valence-corrected chi connectivity index (χ0v) is 12.9. The van der Waals surface area contributed by atoms with Gasteiger partial charge in [0.25, 0.3) is 0 Å². The summed E-state index contributed by atoms with van der Waals surface area (Å²) in [4.78, 5) is 35.0. The molecular weight excluding hydrogens is 294 g/mol. The molecule has 6 nitrogen and oxygen atoms in total. The quantitative estimate of drug-likeness (QED) is 0.788. The molecule has 2 unspecified atom stereocenters. The minimum absolute atomic E-state index is 0.00753. The summed E-state index contributed by atoms with van der Waals surface area (Å²) in [6.45, 7) is 0. The predicted octanol–water partition coefficient (Wildman–Crippen LogP) is 1.43. The summed E-state index contributed by atoms with van der Waals surface area (Å²) in [5.74, 6) is -0.244. The molecule has 0 bridgehead atoms. The molecule has 4 amide bonds. The third kappa shape index (κ3) is 3.88. The Morgan fingerprint density at radius 3 is 2.65 bits per heavy atom. The van der Waals surface area contributed by atoms with Crippen LogP contribution in [0.2, 0.25) is 0 Å². The summed E-state index contributed by atoms with van der Waals surface area (Å²) in [7, 11) is 0. The second kappa shape index (κ2) is 6.81. The topological polar surface area (TPSA) is 87.3 Å². The third-order valence-electron chi connectivity index (χ3n) is 4.56. The Bertz CT molecular complexity index is 586. The van der Waals surface area contributed by atoms with Gasteiger partial charge in [-0.2, -0.15) is 0 Å². The van der Waals surface area contributed by atoms with Gasteiger partial charge in [0.05, 0.1) is 6.42 Å². The smallest absolute Gasteiger partial charge is 0.322 e. The van der Waals surface area contributed by atoms with E-state index in [-0.39, 0.29) is 18.4 Å². The molecule has 3 rings (SSSR count). The molecule has 23 heavy (non-hydrogen) atoms. The van der Waals surface area contributed by atoms with Crippen molar-refractivity contribution in [3.63, 3.8) is 0 Å². The fourth-order valence-corrected chi connectivity index (χ4v) is 3.42. The molecule has 0 radical (unpaired) electrons. The molecule has 2 fully saturated rings. The van der Waals surface area contributed by atoms with Gasteiger partial charge in [-0.15, -0.1) is 0 Å². The summed E-state index contributed by atoms with van der Waals surface area (Å²) in [5, 5.41) is 7.62. The van der Waals surface area contributed by atoms with Gasteiger partial charge in [-0.25, -0.2) is 4.79 Å². The lowest BCUT2D eigenvalue weighted by Gasteiger charge is -2.32. The molecule has 1 aromatic carbocycles. The third-order valence-corrected chi connectivity index (χ3v) is 4.56. The van der Waals surface area contributed by atoms with Crippen LogP contribution >= 0.6 is 0 Å². The minimum atomic E-state index is -0.770. The van der Waals surface area contributed by atoms with E-state index in [4.69, 9.17) is 0 Å². The first-order chi connectivity index (χ1) is 11.1. The van der Waals surface area contributed by atoms with Crippen molar-refractivity contribution >= 4 is 17.8 Å². The molecule has 6 heteroatoms. The average molecular weight is 315 g/mol. The molecule has 122 valence electrons. The number of hydrogen-bond donors (Lipinski definition) is 3. The minimum Gasteiger partial charge on any atom is -0.352 e. The predicted molar refractivity (Wildman–Crippen MR) is 84.7 cm³/mol. The molecule has 2 aliphatic rings. The van der Waals surface area contributed by atoms with E-state index in [2.05, 4.69) is 28.1 Å². The number of hydrogen-bond acceptors (Lipinski definition) is 3. The summed E-state index contributed by atoms with van der Waals surface area (Å²) in [6, 6.07) is 9.04. The normalized spacial score (nSPS) is 27.7. The van der Waals surface area contributed by atoms with Crippen LogP contribution in [0.4, 0.5) is 4.79 Å². The zero-order chi connectivity index (χ0) is 16.2. The van der Waals surface area contributed by atoms with E-state index >= 15 is 0 Å². The average Bonchev–Trinajstić information content (AvgIpc) is 2.55. The maximum Gasteiger partial charge on any atom is 0.322 e. The van der Waals surface area contributed by atoms with Crippen LogP contribution in [0.1, 0.15) is 43.6 Å². The maximum absolute atomic E-state index is 12.3. The Balaban J connectivity index is 1.58. The highest BCUT2D eigenvalue weighted by Gasteiger charge is 2.32. The van der Waals surface area contributed by atoms with E-state index in [1.165, 1.54) is 5.56 Å². The van der Waals surface area contributed by atoms with Crippen molar-refractivity contribution in [2.45, 2.75) is 50.1 Å². The highest BCUT2D eigenvalue weighted by Crippen LogP contribution is 2.32. The van der Waals surface area contributed by atoms with E-state index in [9.17, 15) is 14.4 Å². The Kier molecular flexibility index (Phi) is 4.60. The van der Waals surface area contributed by atoms with E-state index in [0.717, 1.165) is 25.7 Å². The summed E-state index contributed by atoms with van der Waals surface area (Å²) in [5.41, 5.74) is 1.30. The van der Waals surface area contributed by atoms with Crippen LogP contribution in [0.3, 0.4) is 0 Å². The Hall–Kier alpha value is -2.37. The van der Waals surface area contributed by atoms with Gasteiger partial charge in [0.15, 0.2) is 0 Å². The lowest BCUT2D eigenvalue weighted by molar-refractivity contribution is -0.129. The van der Waals surface area contributed by atoms with Crippen molar-refractivity contribution in [3.8, 4) is 0 Å². The largest absolute Gasteiger partial charge is 0.352 e. The fraction of sp³-hybridized carbons (Fsp3) is 0.471. The molecule has 3 N–H and O–H groups in total. The van der Waals surface area contributed by atoms with Crippen molar-refractivity contribution in [2.24, 2.45) is 0 Å². The summed E-state index contributed by atoms with van der Waals surface area (Å²) < 4.78 is 0. The first-order valence-electron chi connectivity index (χ1n) is 8.07. The number of urea groups is 1. The van der Waals surface area contributed by atoms with Crippen LogP contribution in [0.15, 0.2) is 30.3 Å². The number of carbonyl (C=O) groups is 3. The number of benzene rings is 1. The Morgan fingerprint density at radius 2 is 1.91 bits per heavy atom. The van der Waals surface area contributed by atoms with E-state index in [0.29, 0.717) is 5.92 Å². The number of imide groups is 1. The van der Waals surface area contributed by atoms with Crippen molar-refractivity contribution in [1.82, 2.24) is 16.0 Å². The molecule has 3 atom stereocenters. The van der Waals surface area contributed by atoms with Gasteiger partial charge in [-0.1, -0.05) is 36.8 Å². The second-order valence-corrected chi connectivity index (χ2v) is 6.26. The first-order valence-corrected chi connectivity index (χ1v) is 8.07. The SMILES string of the molecule is O=C1C[C@@H](C(=O)NC2CCCC(c3ccccc3)C2)NC(=O)N1. The van der Waals surface area contributed by atoms with Gasteiger partial charge >= 0.3 is 6.03 Å². The van der Waals surface area contributed by atoms with Crippen molar-refractivity contribution in [2.75, 3.05) is 0 Å². The molecule has 1 saturated carbocycles. The highest BCUT2D eigenvalue weighted by molar-refractivity contribution is 6.02. The first kappa shape index (κ1) is 15.5. The zero-order valence-electron chi connectivity index (χ0n) is 12.9. The number of rotatable bonds is 3. The van der Waals surface area contributed by atoms with Crippen LogP contribution in [0.25, 0.3) is 0 Å². The summed E-state index contributed by atoms with van der Waals surface area (Å²) >= 11 is 0. The van der Waals surface area contributed by atoms with E-state index in [1.54, 1.807) is 0 Å². The van der Waals surface area contributed by atoms with Crippen molar-refractivity contribution < 1.29 is 14.4 Å². The molecule has 1 saturated heterocycles. The second-order valence-electron chi connectivity index (χ2n) is 6.26. The standard InChI is InChI=1S/C17H21N3O3/c21-15-10-14(19-17(23)20-15)16(22)18-13-8-4-7-12(9-13)11-5-2-1-3-6-11/h1-3,5-6,12-14H,4,7-10H2,(H,18,22)(H2,19,20,21,23)/t12?,13?,14-/m0/s1. The molecule has 1 aliphatic carbocycles. The molecule has 1 aromatic rings. The maximum atomic E-state index is 12.3. The van der Waals surface area contributed by atoms with Gasteiger partial charge in [-0.3, -0.25) is 14.9 Å². The lowest BCUT2D eigenvalue weighted by Crippen LogP contribution is -2.58. The monoisotopic (exact) mass is 315 g/mol. The van der Waals surface area contributed by atoms with Gasteiger partial charge < -0.3 is 10.6 Å². The molecule has 0 spiro atoms. The van der Waals surface area contributed by atoms with Crippen molar-refractivity contribution in [3.05, 3.63) is 35.9 Å². The van der Waals surface area contributed by atoms with Gasteiger partial charge in [-0.05, 0) is 30.7 Å². The van der Waals surface area contributed by atoms with E-state index < -0.39 is 18.0 Å². The lowest BCUT2D eigenvalue weighted by atomic mass is 9.81. The van der Waals surface area contributed by atoms with Gasteiger partial charge in [0.2, 0.25) is 11.8 Å². The fourth-order valence-electron chi connectivity index (χ4n) is 3.42. The Morgan fingerprint density at radius 1 is 1.13 bits per heavy atom. The Labute approximate surface area is 135 Å². The number of carbonyl (C=O) groups excluding carboxylic acids is 3. The van der Waals surface area contributed by atoms with Crippen molar-refractivity contribution in [1.29, 1.82) is 0 Å². The van der Waals surface area contributed by atoms with E-state index in [1.807, 2.05) is 18.2 Å².